The highest BCUT2D eigenvalue weighted by Gasteiger charge is 2.27. The van der Waals surface area contributed by atoms with E-state index in [1.54, 1.807) is 0 Å². The molecule has 2 N–H and O–H groups in total. The zero-order valence-electron chi connectivity index (χ0n) is 9.44. The molecule has 0 bridgehead atoms. The molecule has 0 aromatic carbocycles. The Hall–Kier alpha value is -0.900. The van der Waals surface area contributed by atoms with Gasteiger partial charge in [0.05, 0.1) is 6.04 Å². The summed E-state index contributed by atoms with van der Waals surface area (Å²) in [6, 6.07) is -0.115. The van der Waals surface area contributed by atoms with Gasteiger partial charge in [-0.05, 0) is 18.8 Å². The van der Waals surface area contributed by atoms with Gasteiger partial charge in [-0.25, -0.2) is 0 Å². The summed E-state index contributed by atoms with van der Waals surface area (Å²) in [5.41, 5.74) is 6.03. The van der Waals surface area contributed by atoms with E-state index in [0.29, 0.717) is 17.7 Å². The second-order valence-corrected chi connectivity index (χ2v) is 4.53. The Morgan fingerprint density at radius 3 is 2.80 bits per heavy atom. The molecule has 15 heavy (non-hydrogen) atoms. The first-order chi connectivity index (χ1) is 7.22. The molecule has 0 radical (unpaired) electrons. The van der Waals surface area contributed by atoms with Crippen LogP contribution < -0.4 is 5.73 Å². The van der Waals surface area contributed by atoms with Gasteiger partial charge in [-0.2, -0.15) is 4.98 Å². The lowest BCUT2D eigenvalue weighted by molar-refractivity contribution is 0.304. The van der Waals surface area contributed by atoms with Crippen LogP contribution in [0.1, 0.15) is 63.2 Å². The first kappa shape index (κ1) is 10.6. The fraction of sp³-hybridized carbons (Fsp3) is 0.818. The predicted octanol–water partition coefficient (Wildman–Crippen LogP) is 2.38. The number of aromatic nitrogens is 2. The standard InChI is InChI=1S/C11H19N3O/c1-3-7(2)9(12)11-13-10(14-15-11)8-5-4-6-8/h7-9H,3-6,12H2,1-2H3/t7?,9-/m0/s1. The van der Waals surface area contributed by atoms with Gasteiger partial charge in [0, 0.05) is 5.92 Å². The molecule has 1 aromatic heterocycles. The smallest absolute Gasteiger partial charge is 0.243 e. The lowest BCUT2D eigenvalue weighted by Gasteiger charge is -2.21. The fourth-order valence-electron chi connectivity index (χ4n) is 1.71. The van der Waals surface area contributed by atoms with Crippen molar-refractivity contribution < 1.29 is 4.52 Å². The van der Waals surface area contributed by atoms with Crippen LogP contribution in [0.2, 0.25) is 0 Å². The minimum Gasteiger partial charge on any atom is -0.338 e. The van der Waals surface area contributed by atoms with Gasteiger partial charge in [-0.1, -0.05) is 31.8 Å². The second-order valence-electron chi connectivity index (χ2n) is 4.53. The number of hydrogen-bond donors (Lipinski definition) is 1. The van der Waals surface area contributed by atoms with Crippen LogP contribution in [0, 0.1) is 5.92 Å². The third-order valence-corrected chi connectivity index (χ3v) is 3.47. The van der Waals surface area contributed by atoms with E-state index in [1.165, 1.54) is 19.3 Å². The van der Waals surface area contributed by atoms with Crippen molar-refractivity contribution in [3.05, 3.63) is 11.7 Å². The molecule has 1 heterocycles. The van der Waals surface area contributed by atoms with Gasteiger partial charge in [0.15, 0.2) is 5.82 Å². The largest absolute Gasteiger partial charge is 0.338 e. The van der Waals surface area contributed by atoms with E-state index >= 15 is 0 Å². The summed E-state index contributed by atoms with van der Waals surface area (Å²) in [6.45, 7) is 4.23. The lowest BCUT2D eigenvalue weighted by atomic mass is 9.85. The number of hydrogen-bond acceptors (Lipinski definition) is 4. The van der Waals surface area contributed by atoms with Gasteiger partial charge in [0.25, 0.3) is 0 Å². The third kappa shape index (κ3) is 2.04. The average Bonchev–Trinajstić information content (AvgIpc) is 2.62. The maximum absolute atomic E-state index is 6.03. The van der Waals surface area contributed by atoms with Crippen LogP contribution >= 0.6 is 0 Å². The van der Waals surface area contributed by atoms with E-state index in [2.05, 4.69) is 24.0 Å². The van der Waals surface area contributed by atoms with E-state index in [-0.39, 0.29) is 6.04 Å². The highest BCUT2D eigenvalue weighted by molar-refractivity contribution is 5.01. The molecule has 0 spiro atoms. The molecule has 1 aliphatic rings. The van der Waals surface area contributed by atoms with E-state index in [0.717, 1.165) is 12.2 Å². The van der Waals surface area contributed by atoms with Gasteiger partial charge in [0.1, 0.15) is 0 Å². The molecule has 1 saturated carbocycles. The van der Waals surface area contributed by atoms with Crippen molar-refractivity contribution in [1.29, 1.82) is 0 Å². The predicted molar refractivity (Wildman–Crippen MR) is 57.3 cm³/mol. The van der Waals surface area contributed by atoms with Gasteiger partial charge in [-0.15, -0.1) is 0 Å². The van der Waals surface area contributed by atoms with Crippen LogP contribution in [0.4, 0.5) is 0 Å². The molecule has 1 aromatic rings. The summed E-state index contributed by atoms with van der Waals surface area (Å²) in [4.78, 5) is 4.40. The summed E-state index contributed by atoms with van der Waals surface area (Å²) < 4.78 is 5.22. The Balaban J connectivity index is 2.05. The highest BCUT2D eigenvalue weighted by Crippen LogP contribution is 2.35. The lowest BCUT2D eigenvalue weighted by Crippen LogP contribution is -2.19. The zero-order chi connectivity index (χ0) is 10.8. The fourth-order valence-corrected chi connectivity index (χ4v) is 1.71. The van der Waals surface area contributed by atoms with Crippen LogP contribution in [0.25, 0.3) is 0 Å². The summed E-state index contributed by atoms with van der Waals surface area (Å²) in [7, 11) is 0. The molecule has 0 saturated heterocycles. The molecule has 2 rings (SSSR count). The quantitative estimate of drug-likeness (QED) is 0.826. The summed E-state index contributed by atoms with van der Waals surface area (Å²) in [5, 5.41) is 4.01. The van der Waals surface area contributed by atoms with Crippen LogP contribution in [-0.2, 0) is 0 Å². The molecule has 0 amide bonds. The highest BCUT2D eigenvalue weighted by atomic mass is 16.5. The van der Waals surface area contributed by atoms with Crippen molar-refractivity contribution in [2.45, 2.75) is 51.5 Å². The minimum absolute atomic E-state index is 0.115. The molecule has 2 atom stereocenters. The number of nitrogens with zero attached hydrogens (tertiary/aromatic N) is 2. The monoisotopic (exact) mass is 209 g/mol. The Morgan fingerprint density at radius 2 is 2.27 bits per heavy atom. The molecular weight excluding hydrogens is 190 g/mol. The normalized spacial score (nSPS) is 21.0. The Labute approximate surface area is 90.2 Å². The molecule has 1 aliphatic carbocycles. The van der Waals surface area contributed by atoms with Crippen LogP contribution in [0.3, 0.4) is 0 Å². The van der Waals surface area contributed by atoms with Crippen molar-refractivity contribution in [1.82, 2.24) is 10.1 Å². The van der Waals surface area contributed by atoms with Gasteiger partial charge in [0.2, 0.25) is 5.89 Å². The molecule has 0 aliphatic heterocycles. The first-order valence-corrected chi connectivity index (χ1v) is 5.81. The van der Waals surface area contributed by atoms with Crippen LogP contribution in [0.15, 0.2) is 4.52 Å². The molecule has 4 heteroatoms. The van der Waals surface area contributed by atoms with Crippen molar-refractivity contribution in [2.75, 3.05) is 0 Å². The zero-order valence-corrected chi connectivity index (χ0v) is 9.44. The van der Waals surface area contributed by atoms with Gasteiger partial charge in [-0.3, -0.25) is 0 Å². The second kappa shape index (κ2) is 4.31. The van der Waals surface area contributed by atoms with E-state index in [4.69, 9.17) is 10.3 Å². The molecular formula is C11H19N3O. The van der Waals surface area contributed by atoms with Gasteiger partial charge >= 0.3 is 0 Å². The van der Waals surface area contributed by atoms with E-state index in [1.807, 2.05) is 0 Å². The first-order valence-electron chi connectivity index (χ1n) is 5.81. The van der Waals surface area contributed by atoms with Crippen LogP contribution in [0.5, 0.6) is 0 Å². The minimum atomic E-state index is -0.115. The Morgan fingerprint density at radius 1 is 1.53 bits per heavy atom. The summed E-state index contributed by atoms with van der Waals surface area (Å²) in [6.07, 6.45) is 4.70. The SMILES string of the molecule is CCC(C)[C@H](N)c1nc(C2CCC2)no1. The van der Waals surface area contributed by atoms with Crippen molar-refractivity contribution in [2.24, 2.45) is 11.7 Å². The maximum Gasteiger partial charge on any atom is 0.243 e. The number of rotatable bonds is 4. The van der Waals surface area contributed by atoms with E-state index < -0.39 is 0 Å². The third-order valence-electron chi connectivity index (χ3n) is 3.47. The molecule has 1 unspecified atom stereocenters. The van der Waals surface area contributed by atoms with E-state index in [9.17, 15) is 0 Å². The van der Waals surface area contributed by atoms with Gasteiger partial charge < -0.3 is 10.3 Å². The maximum atomic E-state index is 6.03. The Bertz CT molecular complexity index is 319. The van der Waals surface area contributed by atoms with Crippen LogP contribution in [-0.4, -0.2) is 10.1 Å². The summed E-state index contributed by atoms with van der Waals surface area (Å²) >= 11 is 0. The Kier molecular flexibility index (Phi) is 3.05. The van der Waals surface area contributed by atoms with Crippen molar-refractivity contribution >= 4 is 0 Å². The molecule has 84 valence electrons. The van der Waals surface area contributed by atoms with Crippen molar-refractivity contribution in [3.8, 4) is 0 Å². The topological polar surface area (TPSA) is 64.9 Å². The molecule has 4 nitrogen and oxygen atoms in total. The average molecular weight is 209 g/mol. The number of nitrogens with two attached hydrogens (primary N) is 1. The summed E-state index contributed by atoms with van der Waals surface area (Å²) in [5.74, 6) is 2.37. The molecule has 1 fully saturated rings. The van der Waals surface area contributed by atoms with Crippen molar-refractivity contribution in [3.63, 3.8) is 0 Å².